The molecule has 0 saturated carbocycles. The van der Waals surface area contributed by atoms with Crippen molar-refractivity contribution in [2.24, 2.45) is 0 Å². The number of benzene rings is 1. The molecule has 0 aliphatic heterocycles. The van der Waals surface area contributed by atoms with E-state index >= 15 is 0 Å². The van der Waals surface area contributed by atoms with Crippen LogP contribution in [0.25, 0.3) is 0 Å². The van der Waals surface area contributed by atoms with Gasteiger partial charge in [-0.2, -0.15) is 0 Å². The minimum absolute atomic E-state index is 0.100. The predicted octanol–water partition coefficient (Wildman–Crippen LogP) is 2.50. The fourth-order valence-electron chi connectivity index (χ4n) is 1.67. The second-order valence-corrected chi connectivity index (χ2v) is 4.06. The minimum Gasteiger partial charge on any atom is -0.308 e. The Hall–Kier alpha value is -2.43. The number of hydrogen-bond acceptors (Lipinski definition) is 2. The van der Waals surface area contributed by atoms with Gasteiger partial charge in [-0.3, -0.25) is 10.1 Å². The maximum atomic E-state index is 12.9. The summed E-state index contributed by atoms with van der Waals surface area (Å²) in [6, 6.07) is 4.52. The summed E-state index contributed by atoms with van der Waals surface area (Å²) in [4.78, 5) is 23.2. The fourth-order valence-corrected chi connectivity index (χ4v) is 1.67. The van der Waals surface area contributed by atoms with E-state index in [1.54, 1.807) is 6.08 Å². The molecule has 2 rings (SSSR count). The first-order valence-electron chi connectivity index (χ1n) is 5.90. The van der Waals surface area contributed by atoms with Crippen molar-refractivity contribution in [2.75, 3.05) is 0 Å². The van der Waals surface area contributed by atoms with E-state index < -0.39 is 17.8 Å². The molecule has 0 heterocycles. The van der Waals surface area contributed by atoms with E-state index in [2.05, 4.69) is 10.6 Å². The molecule has 98 valence electrons. The molecule has 2 N–H and O–H groups in total. The van der Waals surface area contributed by atoms with Crippen LogP contribution < -0.4 is 10.6 Å². The lowest BCUT2D eigenvalue weighted by molar-refractivity contribution is 0.0964. The Balaban J connectivity index is 1.93. The normalized spacial score (nSPS) is 13.6. The van der Waals surface area contributed by atoms with Gasteiger partial charge in [0.2, 0.25) is 0 Å². The summed E-state index contributed by atoms with van der Waals surface area (Å²) in [7, 11) is 0. The molecule has 0 unspecified atom stereocenters. The number of allylic oxidation sites excluding steroid dienone is 3. The van der Waals surface area contributed by atoms with E-state index in [1.165, 1.54) is 18.2 Å². The fraction of sp³-hybridized carbons (Fsp3) is 0.143. The molecule has 0 fully saturated rings. The molecule has 19 heavy (non-hydrogen) atoms. The van der Waals surface area contributed by atoms with E-state index in [1.807, 2.05) is 12.2 Å². The van der Waals surface area contributed by atoms with Gasteiger partial charge in [-0.25, -0.2) is 9.18 Å². The first kappa shape index (κ1) is 13.0. The standard InChI is InChI=1S/C14H13FN2O2/c15-11-6-4-5-10(9-11)13(18)17-14(19)16-12-7-2-1-3-8-12/h2,4-9H,1,3H2,(H2,16,17,18,19). The number of hydrogen-bond donors (Lipinski definition) is 2. The molecule has 1 aromatic carbocycles. The number of amides is 3. The molecule has 0 bridgehead atoms. The van der Waals surface area contributed by atoms with Crippen molar-refractivity contribution >= 4 is 11.9 Å². The quantitative estimate of drug-likeness (QED) is 0.858. The molecular formula is C14H13FN2O2. The van der Waals surface area contributed by atoms with Crippen LogP contribution in [0.1, 0.15) is 23.2 Å². The van der Waals surface area contributed by atoms with Crippen LogP contribution in [-0.2, 0) is 0 Å². The van der Waals surface area contributed by atoms with Crippen LogP contribution in [-0.4, -0.2) is 11.9 Å². The van der Waals surface area contributed by atoms with Crippen molar-refractivity contribution < 1.29 is 14.0 Å². The van der Waals surface area contributed by atoms with Crippen molar-refractivity contribution in [3.8, 4) is 0 Å². The minimum atomic E-state index is -0.641. The maximum Gasteiger partial charge on any atom is 0.326 e. The van der Waals surface area contributed by atoms with Crippen molar-refractivity contribution in [1.82, 2.24) is 10.6 Å². The maximum absolute atomic E-state index is 12.9. The number of rotatable bonds is 2. The van der Waals surface area contributed by atoms with Gasteiger partial charge in [-0.15, -0.1) is 0 Å². The average molecular weight is 260 g/mol. The van der Waals surface area contributed by atoms with Crippen LogP contribution in [0.3, 0.4) is 0 Å². The molecule has 0 aromatic heterocycles. The Morgan fingerprint density at radius 3 is 2.74 bits per heavy atom. The summed E-state index contributed by atoms with van der Waals surface area (Å²) in [5.41, 5.74) is 0.749. The van der Waals surface area contributed by atoms with E-state index in [-0.39, 0.29) is 5.56 Å². The van der Waals surface area contributed by atoms with Crippen molar-refractivity contribution in [1.29, 1.82) is 0 Å². The largest absolute Gasteiger partial charge is 0.326 e. The van der Waals surface area contributed by atoms with Gasteiger partial charge in [0.25, 0.3) is 5.91 Å². The third-order valence-electron chi connectivity index (χ3n) is 2.57. The summed E-state index contributed by atoms with van der Waals surface area (Å²) in [5, 5.41) is 4.68. The molecule has 0 saturated heterocycles. The van der Waals surface area contributed by atoms with E-state index in [0.29, 0.717) is 5.70 Å². The predicted molar refractivity (Wildman–Crippen MR) is 68.9 cm³/mol. The first-order chi connectivity index (χ1) is 9.15. The van der Waals surface area contributed by atoms with E-state index in [9.17, 15) is 14.0 Å². The third kappa shape index (κ3) is 3.77. The zero-order valence-electron chi connectivity index (χ0n) is 10.2. The number of carbonyl (C=O) groups is 2. The number of urea groups is 1. The van der Waals surface area contributed by atoms with Gasteiger partial charge in [-0.1, -0.05) is 18.2 Å². The van der Waals surface area contributed by atoms with Gasteiger partial charge in [0, 0.05) is 11.3 Å². The molecule has 5 heteroatoms. The molecule has 4 nitrogen and oxygen atoms in total. The zero-order valence-corrected chi connectivity index (χ0v) is 10.2. The highest BCUT2D eigenvalue weighted by molar-refractivity contribution is 6.04. The van der Waals surface area contributed by atoms with Gasteiger partial charge in [0.15, 0.2) is 0 Å². The summed E-state index contributed by atoms with van der Waals surface area (Å²) in [6.07, 6.45) is 7.37. The van der Waals surface area contributed by atoms with Gasteiger partial charge in [0.05, 0.1) is 0 Å². The van der Waals surface area contributed by atoms with Crippen molar-refractivity contribution in [3.05, 3.63) is 59.6 Å². The van der Waals surface area contributed by atoms with Gasteiger partial charge < -0.3 is 5.32 Å². The summed E-state index contributed by atoms with van der Waals surface area (Å²) >= 11 is 0. The monoisotopic (exact) mass is 260 g/mol. The summed E-state index contributed by atoms with van der Waals surface area (Å²) in [5.74, 6) is -1.16. The van der Waals surface area contributed by atoms with Crippen LogP contribution in [0.2, 0.25) is 0 Å². The molecule has 0 radical (unpaired) electrons. The third-order valence-corrected chi connectivity index (χ3v) is 2.57. The molecule has 1 aromatic rings. The number of nitrogens with one attached hydrogen (secondary N) is 2. The van der Waals surface area contributed by atoms with Crippen LogP contribution in [0, 0.1) is 5.82 Å². The Labute approximate surface area is 110 Å². The topological polar surface area (TPSA) is 58.2 Å². The summed E-state index contributed by atoms with van der Waals surface area (Å²) < 4.78 is 12.9. The van der Waals surface area contributed by atoms with Crippen molar-refractivity contribution in [3.63, 3.8) is 0 Å². The lowest BCUT2D eigenvalue weighted by atomic mass is 10.1. The second-order valence-electron chi connectivity index (χ2n) is 4.06. The Morgan fingerprint density at radius 2 is 2.05 bits per heavy atom. The number of imide groups is 1. The first-order valence-corrected chi connectivity index (χ1v) is 5.90. The van der Waals surface area contributed by atoms with E-state index in [0.717, 1.165) is 18.9 Å². The molecule has 0 atom stereocenters. The second kappa shape index (κ2) is 5.95. The highest BCUT2D eigenvalue weighted by Gasteiger charge is 2.11. The van der Waals surface area contributed by atoms with Gasteiger partial charge in [0.1, 0.15) is 5.82 Å². The average Bonchev–Trinajstić information content (AvgIpc) is 2.39. The number of carbonyl (C=O) groups excluding carboxylic acids is 2. The zero-order chi connectivity index (χ0) is 13.7. The lowest BCUT2D eigenvalue weighted by Gasteiger charge is -2.09. The highest BCUT2D eigenvalue weighted by atomic mass is 19.1. The van der Waals surface area contributed by atoms with Gasteiger partial charge in [-0.05, 0) is 37.1 Å². The van der Waals surface area contributed by atoms with Crippen molar-refractivity contribution in [2.45, 2.75) is 12.8 Å². The number of halogens is 1. The summed E-state index contributed by atoms with van der Waals surface area (Å²) in [6.45, 7) is 0. The molecule has 1 aliphatic rings. The van der Waals surface area contributed by atoms with Crippen LogP contribution >= 0.6 is 0 Å². The SMILES string of the molecule is O=C(NC(=O)c1cccc(F)c1)NC1=CCCC=C1. The van der Waals surface area contributed by atoms with Gasteiger partial charge >= 0.3 is 6.03 Å². The Morgan fingerprint density at radius 1 is 1.21 bits per heavy atom. The van der Waals surface area contributed by atoms with Crippen LogP contribution in [0.4, 0.5) is 9.18 Å². The van der Waals surface area contributed by atoms with Crippen LogP contribution in [0.15, 0.2) is 48.2 Å². The molecule has 0 spiro atoms. The smallest absolute Gasteiger partial charge is 0.308 e. The molecule has 3 amide bonds. The lowest BCUT2D eigenvalue weighted by Crippen LogP contribution is -2.38. The van der Waals surface area contributed by atoms with Crippen LogP contribution in [0.5, 0.6) is 0 Å². The highest BCUT2D eigenvalue weighted by Crippen LogP contribution is 2.06. The molecule has 1 aliphatic carbocycles. The Bertz CT molecular complexity index is 564. The van der Waals surface area contributed by atoms with E-state index in [4.69, 9.17) is 0 Å². The Kier molecular flexibility index (Phi) is 4.07. The molecular weight excluding hydrogens is 247 g/mol.